The van der Waals surface area contributed by atoms with Gasteiger partial charge in [0.05, 0.1) is 18.7 Å². The number of Topliss-reactive ketones (excluding diaryl/α,β-unsaturated/α-hetero) is 1. The Hall–Kier alpha value is -2.17. The third kappa shape index (κ3) is 2.31. The summed E-state index contributed by atoms with van der Waals surface area (Å²) in [5.74, 6) is 0.800. The number of ether oxygens (including phenoxy) is 1. The van der Waals surface area contributed by atoms with Crippen LogP contribution in [-0.4, -0.2) is 27.4 Å². The Balaban J connectivity index is 1.80. The fourth-order valence-corrected chi connectivity index (χ4v) is 2.53. The number of ketones is 1. The van der Waals surface area contributed by atoms with Crippen molar-refractivity contribution in [3.05, 3.63) is 41.7 Å². The summed E-state index contributed by atoms with van der Waals surface area (Å²) in [7, 11) is 0. The van der Waals surface area contributed by atoms with Gasteiger partial charge in [0.1, 0.15) is 11.4 Å². The van der Waals surface area contributed by atoms with Crippen molar-refractivity contribution in [3.8, 4) is 5.75 Å². The summed E-state index contributed by atoms with van der Waals surface area (Å²) >= 11 is 0. The van der Waals surface area contributed by atoms with E-state index in [9.17, 15) is 4.79 Å². The van der Waals surface area contributed by atoms with E-state index in [0.29, 0.717) is 25.3 Å². The lowest BCUT2D eigenvalue weighted by Crippen LogP contribution is -2.29. The van der Waals surface area contributed by atoms with E-state index >= 15 is 0 Å². The molecule has 3 rings (SSSR count). The van der Waals surface area contributed by atoms with Crippen LogP contribution in [0.5, 0.6) is 5.75 Å². The van der Waals surface area contributed by atoms with E-state index in [1.54, 1.807) is 10.9 Å². The molecule has 1 aliphatic heterocycles. The number of benzene rings is 1. The summed E-state index contributed by atoms with van der Waals surface area (Å²) < 4.78 is 7.37. The Morgan fingerprint density at radius 2 is 2.30 bits per heavy atom. The Kier molecular flexibility index (Phi) is 3.50. The highest BCUT2D eigenvalue weighted by molar-refractivity contribution is 5.96. The van der Waals surface area contributed by atoms with Gasteiger partial charge < -0.3 is 4.74 Å². The minimum absolute atomic E-state index is 0.0675. The Labute approximate surface area is 117 Å². The van der Waals surface area contributed by atoms with Gasteiger partial charge in [-0.05, 0) is 24.5 Å². The summed E-state index contributed by atoms with van der Waals surface area (Å²) in [5, 5.41) is 7.82. The summed E-state index contributed by atoms with van der Waals surface area (Å²) in [6.07, 6.45) is 3.19. The average Bonchev–Trinajstić information content (AvgIpc) is 2.94. The van der Waals surface area contributed by atoms with E-state index < -0.39 is 0 Å². The monoisotopic (exact) mass is 271 g/mol. The first-order chi connectivity index (χ1) is 9.79. The molecule has 1 unspecified atom stereocenters. The van der Waals surface area contributed by atoms with Crippen molar-refractivity contribution >= 4 is 5.78 Å². The maximum Gasteiger partial charge on any atom is 0.189 e. The zero-order valence-corrected chi connectivity index (χ0v) is 11.5. The molecule has 1 aromatic carbocycles. The molecule has 0 spiro atoms. The first-order valence-corrected chi connectivity index (χ1v) is 6.93. The molecule has 2 aromatic rings. The van der Waals surface area contributed by atoms with Crippen LogP contribution in [0.2, 0.25) is 0 Å². The number of hydrogen-bond donors (Lipinski definition) is 0. The molecule has 0 N–H and O–H groups in total. The maximum absolute atomic E-state index is 12.6. The fourth-order valence-electron chi connectivity index (χ4n) is 2.53. The van der Waals surface area contributed by atoms with Crippen molar-refractivity contribution in [3.63, 3.8) is 0 Å². The number of nitrogens with zero attached hydrogens (tertiary/aromatic N) is 3. The van der Waals surface area contributed by atoms with Gasteiger partial charge in [-0.1, -0.05) is 30.3 Å². The summed E-state index contributed by atoms with van der Waals surface area (Å²) in [4.78, 5) is 12.6. The molecule has 1 aromatic heterocycles. The number of carbonyl (C=O) groups excluding carboxylic acids is 1. The van der Waals surface area contributed by atoms with Crippen LogP contribution in [0.25, 0.3) is 0 Å². The van der Waals surface area contributed by atoms with Crippen LogP contribution in [0.4, 0.5) is 0 Å². The fraction of sp³-hybridized carbons (Fsp3) is 0.400. The van der Waals surface area contributed by atoms with Crippen LogP contribution in [0.15, 0.2) is 30.5 Å². The van der Waals surface area contributed by atoms with E-state index in [2.05, 4.69) is 17.2 Å². The van der Waals surface area contributed by atoms with Crippen LogP contribution >= 0.6 is 0 Å². The third-order valence-electron chi connectivity index (χ3n) is 3.56. The lowest BCUT2D eigenvalue weighted by molar-refractivity contribution is 0.0843. The second-order valence-electron chi connectivity index (χ2n) is 5.03. The molecule has 0 saturated heterocycles. The summed E-state index contributed by atoms with van der Waals surface area (Å²) in [6.45, 7) is 3.19. The Morgan fingerprint density at radius 3 is 3.15 bits per heavy atom. The van der Waals surface area contributed by atoms with Crippen LogP contribution in [0.1, 0.15) is 29.4 Å². The molecule has 0 fully saturated rings. The SMILES string of the molecule is CCCn1nncc1C(=O)C1COc2ccccc2C1. The molecule has 0 amide bonds. The first kappa shape index (κ1) is 12.8. The lowest BCUT2D eigenvalue weighted by atomic mass is 9.92. The van der Waals surface area contributed by atoms with E-state index in [4.69, 9.17) is 4.74 Å². The van der Waals surface area contributed by atoms with Crippen LogP contribution in [-0.2, 0) is 13.0 Å². The van der Waals surface area contributed by atoms with Gasteiger partial charge in [-0.2, -0.15) is 0 Å². The van der Waals surface area contributed by atoms with Gasteiger partial charge >= 0.3 is 0 Å². The molecule has 20 heavy (non-hydrogen) atoms. The standard InChI is InChI=1S/C15H17N3O2/c1-2-7-18-13(9-16-17-18)15(19)12-8-11-5-3-4-6-14(11)20-10-12/h3-6,9,12H,2,7-8,10H2,1H3. The molecular formula is C15H17N3O2. The van der Waals surface area contributed by atoms with Gasteiger partial charge in [0.2, 0.25) is 0 Å². The van der Waals surface area contributed by atoms with Crippen LogP contribution in [0, 0.1) is 5.92 Å². The number of aryl methyl sites for hydroxylation is 1. The van der Waals surface area contributed by atoms with E-state index in [0.717, 1.165) is 17.7 Å². The van der Waals surface area contributed by atoms with Gasteiger partial charge in [-0.15, -0.1) is 5.10 Å². The predicted octanol–water partition coefficient (Wildman–Crippen LogP) is 2.12. The predicted molar refractivity (Wildman–Crippen MR) is 73.8 cm³/mol. The van der Waals surface area contributed by atoms with Gasteiger partial charge in [-0.3, -0.25) is 4.79 Å². The smallest absolute Gasteiger partial charge is 0.189 e. The van der Waals surface area contributed by atoms with Gasteiger partial charge in [0, 0.05) is 6.54 Å². The lowest BCUT2D eigenvalue weighted by Gasteiger charge is -2.24. The molecule has 0 aliphatic carbocycles. The van der Waals surface area contributed by atoms with E-state index in [1.165, 1.54) is 0 Å². The number of aromatic nitrogens is 3. The summed E-state index contributed by atoms with van der Waals surface area (Å²) in [5.41, 5.74) is 1.67. The molecule has 0 saturated carbocycles. The van der Waals surface area contributed by atoms with Crippen molar-refractivity contribution in [1.29, 1.82) is 0 Å². The number of hydrogen-bond acceptors (Lipinski definition) is 4. The molecule has 1 atom stereocenters. The zero-order valence-electron chi connectivity index (χ0n) is 11.5. The molecular weight excluding hydrogens is 254 g/mol. The zero-order chi connectivity index (χ0) is 13.9. The van der Waals surface area contributed by atoms with Gasteiger partial charge in [-0.25, -0.2) is 4.68 Å². The largest absolute Gasteiger partial charge is 0.493 e. The molecule has 2 heterocycles. The molecule has 5 nitrogen and oxygen atoms in total. The van der Waals surface area contributed by atoms with Crippen LogP contribution in [0.3, 0.4) is 0 Å². The first-order valence-electron chi connectivity index (χ1n) is 6.93. The summed E-state index contributed by atoms with van der Waals surface area (Å²) in [6, 6.07) is 7.87. The molecule has 0 radical (unpaired) electrons. The number of carbonyl (C=O) groups is 1. The van der Waals surface area contributed by atoms with Crippen molar-refractivity contribution in [2.75, 3.05) is 6.61 Å². The van der Waals surface area contributed by atoms with Crippen molar-refractivity contribution in [2.45, 2.75) is 26.3 Å². The maximum atomic E-state index is 12.6. The second-order valence-corrected chi connectivity index (χ2v) is 5.03. The number of para-hydroxylation sites is 1. The quantitative estimate of drug-likeness (QED) is 0.799. The second kappa shape index (κ2) is 5.45. The van der Waals surface area contributed by atoms with Gasteiger partial charge in [0.25, 0.3) is 0 Å². The highest BCUT2D eigenvalue weighted by Crippen LogP contribution is 2.28. The molecule has 5 heteroatoms. The molecule has 104 valence electrons. The molecule has 0 bridgehead atoms. The normalized spacial score (nSPS) is 17.4. The minimum Gasteiger partial charge on any atom is -0.493 e. The van der Waals surface area contributed by atoms with Crippen molar-refractivity contribution < 1.29 is 9.53 Å². The number of fused-ring (bicyclic) bond motifs is 1. The highest BCUT2D eigenvalue weighted by atomic mass is 16.5. The number of rotatable bonds is 4. The van der Waals surface area contributed by atoms with Gasteiger partial charge in [0.15, 0.2) is 5.78 Å². The third-order valence-corrected chi connectivity index (χ3v) is 3.56. The van der Waals surface area contributed by atoms with Crippen molar-refractivity contribution in [2.24, 2.45) is 5.92 Å². The molecule has 1 aliphatic rings. The Bertz CT molecular complexity index is 621. The van der Waals surface area contributed by atoms with Crippen LogP contribution < -0.4 is 4.74 Å². The van der Waals surface area contributed by atoms with E-state index in [-0.39, 0.29) is 11.7 Å². The topological polar surface area (TPSA) is 57.0 Å². The highest BCUT2D eigenvalue weighted by Gasteiger charge is 2.28. The Morgan fingerprint density at radius 1 is 1.45 bits per heavy atom. The van der Waals surface area contributed by atoms with Crippen molar-refractivity contribution in [1.82, 2.24) is 15.0 Å². The van der Waals surface area contributed by atoms with E-state index in [1.807, 2.05) is 24.3 Å². The average molecular weight is 271 g/mol. The minimum atomic E-state index is -0.154.